The highest BCUT2D eigenvalue weighted by Crippen LogP contribution is 2.27. The van der Waals surface area contributed by atoms with Crippen molar-refractivity contribution in [3.05, 3.63) is 72.3 Å². The Balaban J connectivity index is 0.000000233. The molecular weight excluding hydrogens is 384 g/mol. The number of phenolic OH excluding ortho intramolecular Hbond substituents is 1. The van der Waals surface area contributed by atoms with Crippen molar-refractivity contribution in [2.45, 2.75) is 71.8 Å². The molecule has 0 amide bonds. The van der Waals surface area contributed by atoms with Gasteiger partial charge in [0.25, 0.3) is 0 Å². The molecule has 0 aliphatic heterocycles. The molecule has 1 aliphatic rings. The van der Waals surface area contributed by atoms with Crippen molar-refractivity contribution in [3.63, 3.8) is 0 Å². The molecule has 3 heteroatoms. The highest BCUT2D eigenvalue weighted by atomic mass is 16.5. The van der Waals surface area contributed by atoms with Crippen LogP contribution in [0.15, 0.2) is 66.7 Å². The van der Waals surface area contributed by atoms with Gasteiger partial charge in [-0.25, -0.2) is 0 Å². The molecule has 0 radical (unpaired) electrons. The van der Waals surface area contributed by atoms with Gasteiger partial charge in [-0.3, -0.25) is 0 Å². The maximum atomic E-state index is 9.49. The molecule has 0 atom stereocenters. The van der Waals surface area contributed by atoms with Gasteiger partial charge >= 0.3 is 0 Å². The van der Waals surface area contributed by atoms with Crippen LogP contribution in [0.4, 0.5) is 0 Å². The van der Waals surface area contributed by atoms with Crippen LogP contribution in [0.2, 0.25) is 0 Å². The molecule has 1 aliphatic carbocycles. The van der Waals surface area contributed by atoms with Crippen molar-refractivity contribution >= 4 is 0 Å². The van der Waals surface area contributed by atoms with E-state index in [1.165, 1.54) is 25.7 Å². The van der Waals surface area contributed by atoms with Gasteiger partial charge in [0.05, 0.1) is 0 Å². The number of hydrogen-bond donors (Lipinski definition) is 2. The fraction of sp³-hybridized carbons (Fsp3) is 0.500. The van der Waals surface area contributed by atoms with Crippen molar-refractivity contribution in [2.24, 2.45) is 11.3 Å². The molecule has 170 valence electrons. The average molecular weight is 425 g/mol. The van der Waals surface area contributed by atoms with E-state index in [1.54, 1.807) is 12.1 Å². The Hall–Kier alpha value is -2.26. The molecule has 1 fully saturated rings. The molecule has 0 bridgehead atoms. The quantitative estimate of drug-likeness (QED) is 0.452. The van der Waals surface area contributed by atoms with Gasteiger partial charge in [0.1, 0.15) is 17.1 Å². The molecular formula is C28H40O3. The second-order valence-corrected chi connectivity index (χ2v) is 9.98. The minimum absolute atomic E-state index is 0.126. The Morgan fingerprint density at radius 1 is 0.935 bits per heavy atom. The number of aliphatic hydroxyl groups is 1. The van der Waals surface area contributed by atoms with E-state index in [-0.39, 0.29) is 17.6 Å². The highest BCUT2D eigenvalue weighted by Gasteiger charge is 2.19. The summed E-state index contributed by atoms with van der Waals surface area (Å²) in [6, 6.07) is 17.3. The van der Waals surface area contributed by atoms with Gasteiger partial charge in [0.2, 0.25) is 0 Å². The summed E-state index contributed by atoms with van der Waals surface area (Å²) in [4.78, 5) is 0. The maximum Gasteiger partial charge on any atom is 0.120 e. The third-order valence-corrected chi connectivity index (χ3v) is 5.64. The van der Waals surface area contributed by atoms with Crippen LogP contribution in [-0.4, -0.2) is 22.4 Å². The zero-order valence-corrected chi connectivity index (χ0v) is 19.7. The fourth-order valence-electron chi connectivity index (χ4n) is 3.78. The third kappa shape index (κ3) is 9.61. The topological polar surface area (TPSA) is 49.7 Å². The zero-order chi connectivity index (χ0) is 22.7. The normalized spacial score (nSPS) is 15.0. The Kier molecular flexibility index (Phi) is 9.64. The van der Waals surface area contributed by atoms with E-state index in [0.29, 0.717) is 12.2 Å². The lowest BCUT2D eigenvalue weighted by atomic mass is 9.86. The minimum Gasteiger partial charge on any atom is -0.508 e. The second-order valence-electron chi connectivity index (χ2n) is 9.98. The molecule has 0 heterocycles. The number of hydrogen-bond acceptors (Lipinski definition) is 3. The van der Waals surface area contributed by atoms with Crippen LogP contribution in [0, 0.1) is 11.3 Å². The summed E-state index contributed by atoms with van der Waals surface area (Å²) in [5, 5.41) is 18.6. The van der Waals surface area contributed by atoms with E-state index < -0.39 is 0 Å². The third-order valence-electron chi connectivity index (χ3n) is 5.64. The lowest BCUT2D eigenvalue weighted by molar-refractivity contribution is 0.113. The van der Waals surface area contributed by atoms with Gasteiger partial charge in [0, 0.05) is 13.0 Å². The predicted octanol–water partition coefficient (Wildman–Crippen LogP) is 6.93. The number of ether oxygens (including phenoxy) is 1. The average Bonchev–Trinajstić information content (AvgIpc) is 3.24. The molecule has 1 saturated carbocycles. The molecule has 0 aromatic heterocycles. The van der Waals surface area contributed by atoms with Crippen LogP contribution in [0.1, 0.15) is 65.4 Å². The lowest BCUT2D eigenvalue weighted by Gasteiger charge is -2.25. The zero-order valence-electron chi connectivity index (χ0n) is 19.7. The summed E-state index contributed by atoms with van der Waals surface area (Å²) >= 11 is 0. The number of aliphatic hydroxyl groups excluding tert-OH is 1. The van der Waals surface area contributed by atoms with E-state index in [9.17, 15) is 5.11 Å². The van der Waals surface area contributed by atoms with E-state index in [1.807, 2.05) is 56.3 Å². The summed E-state index contributed by atoms with van der Waals surface area (Å²) in [7, 11) is 0. The smallest absolute Gasteiger partial charge is 0.120 e. The van der Waals surface area contributed by atoms with E-state index in [0.717, 1.165) is 23.7 Å². The van der Waals surface area contributed by atoms with Crippen molar-refractivity contribution in [1.82, 2.24) is 0 Å². The first-order chi connectivity index (χ1) is 14.7. The first-order valence-electron chi connectivity index (χ1n) is 11.5. The van der Waals surface area contributed by atoms with E-state index >= 15 is 0 Å². The highest BCUT2D eigenvalue weighted by molar-refractivity contribution is 5.32. The number of aromatic hydroxyl groups is 1. The molecule has 3 nitrogen and oxygen atoms in total. The van der Waals surface area contributed by atoms with Crippen LogP contribution >= 0.6 is 0 Å². The largest absolute Gasteiger partial charge is 0.508 e. The summed E-state index contributed by atoms with van der Waals surface area (Å²) in [6.45, 7) is 8.37. The number of allylic oxidation sites excluding steroid dienone is 1. The number of phenols is 1. The summed E-state index contributed by atoms with van der Waals surface area (Å²) in [5.41, 5.74) is 0.594. The Morgan fingerprint density at radius 3 is 2.16 bits per heavy atom. The minimum atomic E-state index is -0.168. The van der Waals surface area contributed by atoms with Crippen LogP contribution in [-0.2, 0) is 6.42 Å². The molecule has 2 aromatic rings. The van der Waals surface area contributed by atoms with Crippen molar-refractivity contribution in [2.75, 3.05) is 6.61 Å². The number of para-hydroxylation sites is 2. The van der Waals surface area contributed by atoms with Gasteiger partial charge in [-0.15, -0.1) is 0 Å². The maximum absolute atomic E-state index is 9.49. The molecule has 0 spiro atoms. The summed E-state index contributed by atoms with van der Waals surface area (Å²) < 4.78 is 6.02. The lowest BCUT2D eigenvalue weighted by Crippen LogP contribution is -2.27. The summed E-state index contributed by atoms with van der Waals surface area (Å²) in [6.07, 6.45) is 11.9. The molecule has 3 rings (SSSR count). The van der Waals surface area contributed by atoms with Crippen LogP contribution in [0.25, 0.3) is 0 Å². The standard InChI is InChI=1S/C17H24O.C11H16O2/c1-17(2,18-16-12-4-3-5-13-16)14-8-11-15-9-6-7-10-15;1-11(2,8-12)7-9-5-3-4-6-10(9)13/h3-5,8,11-13,15H,6-7,9-10,14H2,1-2H3;3-6,12-13H,7-8H2,1-2H3/b11-8+;. The van der Waals surface area contributed by atoms with Crippen molar-refractivity contribution in [1.29, 1.82) is 0 Å². The van der Waals surface area contributed by atoms with Gasteiger partial charge in [-0.1, -0.05) is 75.2 Å². The van der Waals surface area contributed by atoms with Gasteiger partial charge in [0.15, 0.2) is 0 Å². The van der Waals surface area contributed by atoms with Crippen molar-refractivity contribution < 1.29 is 14.9 Å². The fourth-order valence-corrected chi connectivity index (χ4v) is 3.78. The van der Waals surface area contributed by atoms with Crippen LogP contribution in [0.3, 0.4) is 0 Å². The second kappa shape index (κ2) is 12.0. The molecule has 0 saturated heterocycles. The van der Waals surface area contributed by atoms with Crippen molar-refractivity contribution in [3.8, 4) is 11.5 Å². The SMILES string of the molecule is CC(C)(C/C=C/C1CCCC1)Oc1ccccc1.CC(C)(CO)Cc1ccccc1O. The number of benzene rings is 2. The monoisotopic (exact) mass is 424 g/mol. The predicted molar refractivity (Wildman–Crippen MR) is 130 cm³/mol. The van der Waals surface area contributed by atoms with Gasteiger partial charge in [-0.2, -0.15) is 0 Å². The first kappa shape index (κ1) is 25.0. The molecule has 2 aromatic carbocycles. The van der Waals surface area contributed by atoms with Gasteiger partial charge in [-0.05, 0) is 68.2 Å². The molecule has 0 unspecified atom stereocenters. The van der Waals surface area contributed by atoms with E-state index in [4.69, 9.17) is 9.84 Å². The van der Waals surface area contributed by atoms with Crippen LogP contribution < -0.4 is 4.74 Å². The molecule has 31 heavy (non-hydrogen) atoms. The van der Waals surface area contributed by atoms with E-state index in [2.05, 4.69) is 26.0 Å². The molecule has 2 N–H and O–H groups in total. The number of rotatable bonds is 8. The Bertz CT molecular complexity index is 787. The first-order valence-corrected chi connectivity index (χ1v) is 11.5. The Labute approximate surface area is 188 Å². The van der Waals surface area contributed by atoms with Crippen LogP contribution in [0.5, 0.6) is 11.5 Å². The van der Waals surface area contributed by atoms with Gasteiger partial charge < -0.3 is 14.9 Å². The Morgan fingerprint density at radius 2 is 1.55 bits per heavy atom. The summed E-state index contributed by atoms with van der Waals surface area (Å²) in [5.74, 6) is 2.08.